The van der Waals surface area contributed by atoms with Gasteiger partial charge in [0.25, 0.3) is 10.1 Å². The predicted molar refractivity (Wildman–Crippen MR) is 89.8 cm³/mol. The molecule has 1 atom stereocenters. The van der Waals surface area contributed by atoms with Crippen molar-refractivity contribution in [2.24, 2.45) is 0 Å². The second kappa shape index (κ2) is 15.9. The van der Waals surface area contributed by atoms with Crippen molar-refractivity contribution in [3.63, 3.8) is 0 Å². The van der Waals surface area contributed by atoms with Crippen LogP contribution < -0.4 is 29.6 Å². The van der Waals surface area contributed by atoms with Gasteiger partial charge in [-0.25, -0.2) is 0 Å². The summed E-state index contributed by atoms with van der Waals surface area (Å²) >= 11 is 0. The molecule has 0 aromatic heterocycles. The molecule has 0 fully saturated rings. The van der Waals surface area contributed by atoms with Crippen molar-refractivity contribution >= 4 is 16.1 Å². The summed E-state index contributed by atoms with van der Waals surface area (Å²) in [6.45, 7) is 2.22. The zero-order chi connectivity index (χ0) is 16.8. The summed E-state index contributed by atoms with van der Waals surface area (Å²) in [6.07, 6.45) is 13.8. The van der Waals surface area contributed by atoms with Crippen LogP contribution in [0.1, 0.15) is 91.8 Å². The summed E-state index contributed by atoms with van der Waals surface area (Å²) in [4.78, 5) is 10.7. The van der Waals surface area contributed by atoms with Crippen molar-refractivity contribution in [2.45, 2.75) is 95.6 Å². The predicted octanol–water partition coefficient (Wildman–Crippen LogP) is 1.54. The zero-order valence-electron chi connectivity index (χ0n) is 15.8. The van der Waals surface area contributed by atoms with Crippen LogP contribution in [0.2, 0.25) is 0 Å². The van der Waals surface area contributed by atoms with Crippen LogP contribution in [0.15, 0.2) is 0 Å². The van der Waals surface area contributed by atoms with Gasteiger partial charge in [0.2, 0.25) is 0 Å². The molecule has 0 amide bonds. The largest absolute Gasteiger partial charge is 1.00 e. The molecule has 23 heavy (non-hydrogen) atoms. The molecular weight excluding hydrogens is 327 g/mol. The maximum absolute atomic E-state index is 10.9. The zero-order valence-corrected chi connectivity index (χ0v) is 17.6. The van der Waals surface area contributed by atoms with Crippen molar-refractivity contribution in [2.75, 3.05) is 0 Å². The van der Waals surface area contributed by atoms with Crippen molar-refractivity contribution in [1.82, 2.24) is 0 Å². The summed E-state index contributed by atoms with van der Waals surface area (Å²) in [6, 6.07) is 0. The van der Waals surface area contributed by atoms with Crippen molar-refractivity contribution in [1.29, 1.82) is 0 Å². The van der Waals surface area contributed by atoms with E-state index in [-0.39, 0.29) is 37.4 Å². The van der Waals surface area contributed by atoms with Crippen LogP contribution in [-0.4, -0.2) is 29.3 Å². The summed E-state index contributed by atoms with van der Waals surface area (Å²) in [5.41, 5.74) is 0. The van der Waals surface area contributed by atoms with Crippen LogP contribution in [0.25, 0.3) is 0 Å². The van der Waals surface area contributed by atoms with Crippen molar-refractivity contribution in [3.05, 3.63) is 0 Å². The Kier molecular flexibility index (Phi) is 17.7. The van der Waals surface area contributed by atoms with E-state index < -0.39 is 21.3 Å². The van der Waals surface area contributed by atoms with E-state index in [0.717, 1.165) is 19.3 Å². The van der Waals surface area contributed by atoms with Gasteiger partial charge in [0.15, 0.2) is 5.25 Å². The van der Waals surface area contributed by atoms with Crippen LogP contribution in [-0.2, 0) is 14.9 Å². The first-order valence-corrected chi connectivity index (χ1v) is 10.1. The Morgan fingerprint density at radius 3 is 1.52 bits per heavy atom. The van der Waals surface area contributed by atoms with E-state index in [1.54, 1.807) is 0 Å². The molecule has 134 valence electrons. The third-order valence-corrected chi connectivity index (χ3v) is 5.11. The average Bonchev–Trinajstić information content (AvgIpc) is 2.42. The van der Waals surface area contributed by atoms with E-state index in [1.165, 1.54) is 51.4 Å². The summed E-state index contributed by atoms with van der Waals surface area (Å²) in [5, 5.41) is 7.08. The van der Waals surface area contributed by atoms with Gasteiger partial charge in [-0.3, -0.25) is 9.35 Å². The van der Waals surface area contributed by atoms with Gasteiger partial charge in [-0.2, -0.15) is 8.42 Å². The molecular formula is C16H33NaO5S. The number of aliphatic carboxylic acids is 1. The maximum atomic E-state index is 10.9. The average molecular weight is 360 g/mol. The Morgan fingerprint density at radius 1 is 0.870 bits per heavy atom. The molecule has 1 unspecified atom stereocenters. The molecule has 0 aromatic carbocycles. The molecule has 0 saturated heterocycles. The van der Waals surface area contributed by atoms with Gasteiger partial charge >= 0.3 is 35.5 Å². The van der Waals surface area contributed by atoms with Gasteiger partial charge < -0.3 is 6.53 Å². The molecule has 0 bridgehead atoms. The van der Waals surface area contributed by atoms with E-state index >= 15 is 0 Å². The molecule has 0 aliphatic heterocycles. The van der Waals surface area contributed by atoms with E-state index in [0.29, 0.717) is 6.42 Å². The number of unbranched alkanes of at least 4 members (excludes halogenated alkanes) is 11. The Hall–Kier alpha value is 0.380. The topological polar surface area (TPSA) is 91.7 Å². The molecule has 0 aliphatic carbocycles. The molecule has 0 saturated carbocycles. The van der Waals surface area contributed by atoms with Gasteiger partial charge in [0.1, 0.15) is 0 Å². The maximum Gasteiger partial charge on any atom is 1.00 e. The Balaban J connectivity index is -0.00000220. The molecule has 2 N–H and O–H groups in total. The minimum atomic E-state index is -4.48. The molecule has 0 radical (unpaired) electrons. The SMILES string of the molecule is CCCCCCCCCCCCCCC(C(=O)O)S(=O)(=O)O.[H-].[Na+]. The molecule has 0 aliphatic rings. The number of rotatable bonds is 15. The number of carboxylic acids is 1. The first kappa shape index (κ1) is 25.6. The molecule has 7 heteroatoms. The second-order valence-corrected chi connectivity index (χ2v) is 7.62. The summed E-state index contributed by atoms with van der Waals surface area (Å²) in [5.74, 6) is -1.47. The minimum absolute atomic E-state index is 0. The Bertz CT molecular complexity index is 390. The molecule has 0 rings (SSSR count). The normalized spacial score (nSPS) is 12.6. The standard InChI is InChI=1S/C16H32O5S.Na.H/c1-2-3-4-5-6-7-8-9-10-11-12-13-14-15(16(17)18)22(19,20)21;;/h15H,2-14H2,1H3,(H,17,18)(H,19,20,21);;/q;+1;-1. The van der Waals surface area contributed by atoms with Crippen LogP contribution in [0.4, 0.5) is 0 Å². The first-order valence-electron chi connectivity index (χ1n) is 8.58. The second-order valence-electron chi connectivity index (χ2n) is 6.02. The molecule has 0 heterocycles. The Labute approximate surface area is 165 Å². The fourth-order valence-electron chi connectivity index (χ4n) is 2.57. The van der Waals surface area contributed by atoms with Crippen molar-refractivity contribution in [3.8, 4) is 0 Å². The van der Waals surface area contributed by atoms with Crippen LogP contribution >= 0.6 is 0 Å². The quantitative estimate of drug-likeness (QED) is 0.263. The van der Waals surface area contributed by atoms with Crippen LogP contribution in [0.3, 0.4) is 0 Å². The third-order valence-electron chi connectivity index (χ3n) is 3.95. The number of carboxylic acid groups (broad SMARTS) is 1. The minimum Gasteiger partial charge on any atom is -1.00 e. The van der Waals surface area contributed by atoms with E-state index in [9.17, 15) is 13.2 Å². The van der Waals surface area contributed by atoms with Gasteiger partial charge in [0, 0.05) is 0 Å². The van der Waals surface area contributed by atoms with Gasteiger partial charge in [-0.1, -0.05) is 84.0 Å². The molecule has 0 spiro atoms. The summed E-state index contributed by atoms with van der Waals surface area (Å²) < 4.78 is 30.6. The van der Waals surface area contributed by atoms with Gasteiger partial charge in [0.05, 0.1) is 0 Å². The molecule has 5 nitrogen and oxygen atoms in total. The Morgan fingerprint density at radius 2 is 1.22 bits per heavy atom. The van der Waals surface area contributed by atoms with Crippen LogP contribution in [0, 0.1) is 0 Å². The fourth-order valence-corrected chi connectivity index (χ4v) is 3.29. The third kappa shape index (κ3) is 15.6. The number of hydrogen-bond acceptors (Lipinski definition) is 3. The molecule has 0 aromatic rings. The fraction of sp³-hybridized carbons (Fsp3) is 0.938. The number of carbonyl (C=O) groups is 1. The smallest absolute Gasteiger partial charge is 1.00 e. The van der Waals surface area contributed by atoms with Gasteiger partial charge in [-0.05, 0) is 6.42 Å². The van der Waals surface area contributed by atoms with Gasteiger partial charge in [-0.15, -0.1) is 0 Å². The van der Waals surface area contributed by atoms with Crippen molar-refractivity contribution < 1.29 is 53.9 Å². The monoisotopic (exact) mass is 360 g/mol. The van der Waals surface area contributed by atoms with E-state index in [1.807, 2.05) is 0 Å². The van der Waals surface area contributed by atoms with E-state index in [2.05, 4.69) is 6.92 Å². The summed E-state index contributed by atoms with van der Waals surface area (Å²) in [7, 11) is -4.48. The van der Waals surface area contributed by atoms with E-state index in [4.69, 9.17) is 9.66 Å². The van der Waals surface area contributed by atoms with Crippen LogP contribution in [0.5, 0.6) is 0 Å². The number of hydrogen-bond donors (Lipinski definition) is 2. The first-order chi connectivity index (χ1) is 10.4.